The monoisotopic (exact) mass is 291 g/mol. The lowest BCUT2D eigenvalue weighted by Crippen LogP contribution is -2.03. The van der Waals surface area contributed by atoms with Gasteiger partial charge in [-0.1, -0.05) is 17.3 Å². The molecule has 0 unspecified atom stereocenters. The second kappa shape index (κ2) is 4.66. The molecule has 0 fully saturated rings. The molecule has 1 aromatic carbocycles. The van der Waals surface area contributed by atoms with Crippen molar-refractivity contribution in [2.45, 2.75) is 0 Å². The van der Waals surface area contributed by atoms with Gasteiger partial charge in [0.25, 0.3) is 0 Å². The van der Waals surface area contributed by atoms with Crippen LogP contribution in [0.5, 0.6) is 0 Å². The van der Waals surface area contributed by atoms with Crippen molar-refractivity contribution in [1.29, 1.82) is 0 Å². The van der Waals surface area contributed by atoms with E-state index in [1.54, 1.807) is 16.9 Å². The van der Waals surface area contributed by atoms with Crippen LogP contribution in [-0.2, 0) is 7.05 Å². The molecule has 4 aromatic rings. The Morgan fingerprint density at radius 1 is 1.14 bits per heavy atom. The van der Waals surface area contributed by atoms with Crippen LogP contribution in [0.3, 0.4) is 0 Å². The van der Waals surface area contributed by atoms with E-state index in [1.165, 1.54) is 0 Å². The molecule has 2 N–H and O–H groups in total. The van der Waals surface area contributed by atoms with Crippen LogP contribution in [0.2, 0.25) is 0 Å². The molecule has 3 heterocycles. The number of hydrogen-bond acceptors (Lipinski definition) is 5. The van der Waals surface area contributed by atoms with Gasteiger partial charge in [0.1, 0.15) is 11.5 Å². The number of nitrogens with two attached hydrogens (primary N) is 1. The number of benzene rings is 1. The van der Waals surface area contributed by atoms with Gasteiger partial charge in [0.15, 0.2) is 0 Å². The maximum absolute atomic E-state index is 5.71. The molecule has 7 heteroatoms. The molecule has 7 nitrogen and oxygen atoms in total. The molecule has 0 saturated heterocycles. The number of nitrogens with zero attached hydrogens (tertiary/aromatic N) is 6. The molecule has 0 spiro atoms. The van der Waals surface area contributed by atoms with Crippen LogP contribution in [0.25, 0.3) is 28.2 Å². The van der Waals surface area contributed by atoms with E-state index >= 15 is 0 Å². The number of pyridine rings is 1. The molecule has 0 aliphatic rings. The number of rotatable bonds is 2. The van der Waals surface area contributed by atoms with E-state index in [2.05, 4.69) is 20.3 Å². The SMILES string of the molecule is Cn1c(-n2cc(-c3ccnc(N)c3)nn2)nc2ccccc21. The van der Waals surface area contributed by atoms with Crippen LogP contribution < -0.4 is 5.73 Å². The Morgan fingerprint density at radius 2 is 2.00 bits per heavy atom. The van der Waals surface area contributed by atoms with Crippen molar-refractivity contribution in [3.63, 3.8) is 0 Å². The second-order valence-electron chi connectivity index (χ2n) is 4.98. The zero-order valence-electron chi connectivity index (χ0n) is 11.9. The first-order valence-corrected chi connectivity index (χ1v) is 6.78. The van der Waals surface area contributed by atoms with Gasteiger partial charge in [0, 0.05) is 18.8 Å². The summed E-state index contributed by atoms with van der Waals surface area (Å²) in [6.45, 7) is 0. The van der Waals surface area contributed by atoms with E-state index in [4.69, 9.17) is 5.73 Å². The van der Waals surface area contributed by atoms with Crippen molar-refractivity contribution in [1.82, 2.24) is 29.5 Å². The molecule has 0 saturated carbocycles. The summed E-state index contributed by atoms with van der Waals surface area (Å²) >= 11 is 0. The number of nitrogen functional groups attached to an aromatic ring is 1. The van der Waals surface area contributed by atoms with Gasteiger partial charge in [-0.25, -0.2) is 9.97 Å². The van der Waals surface area contributed by atoms with Gasteiger partial charge in [-0.05, 0) is 24.3 Å². The third kappa shape index (κ3) is 1.91. The molecule has 0 amide bonds. The maximum Gasteiger partial charge on any atom is 0.232 e. The minimum Gasteiger partial charge on any atom is -0.384 e. The zero-order chi connectivity index (χ0) is 15.1. The molecule has 0 atom stereocenters. The van der Waals surface area contributed by atoms with Crippen molar-refractivity contribution in [3.05, 3.63) is 48.8 Å². The summed E-state index contributed by atoms with van der Waals surface area (Å²) in [6.07, 6.45) is 3.48. The predicted octanol–water partition coefficient (Wildman–Crippen LogP) is 1.80. The first-order chi connectivity index (χ1) is 10.7. The summed E-state index contributed by atoms with van der Waals surface area (Å²) in [5, 5.41) is 8.36. The van der Waals surface area contributed by atoms with E-state index in [0.717, 1.165) is 22.3 Å². The van der Waals surface area contributed by atoms with Gasteiger partial charge in [0.05, 0.1) is 17.2 Å². The Balaban J connectivity index is 1.82. The largest absolute Gasteiger partial charge is 0.384 e. The molecule has 4 rings (SSSR count). The third-order valence-electron chi connectivity index (χ3n) is 3.54. The zero-order valence-corrected chi connectivity index (χ0v) is 11.9. The molecule has 0 aliphatic carbocycles. The summed E-state index contributed by atoms with van der Waals surface area (Å²) in [5.41, 5.74) is 9.27. The minimum absolute atomic E-state index is 0.454. The lowest BCUT2D eigenvalue weighted by atomic mass is 10.2. The molecule has 0 aliphatic heterocycles. The highest BCUT2D eigenvalue weighted by Gasteiger charge is 2.12. The van der Waals surface area contributed by atoms with E-state index in [0.29, 0.717) is 11.8 Å². The van der Waals surface area contributed by atoms with Crippen molar-refractivity contribution >= 4 is 16.9 Å². The highest BCUT2D eigenvalue weighted by Crippen LogP contribution is 2.20. The lowest BCUT2D eigenvalue weighted by molar-refractivity contribution is 0.723. The topological polar surface area (TPSA) is 87.4 Å². The fourth-order valence-corrected chi connectivity index (χ4v) is 2.44. The molecule has 0 radical (unpaired) electrons. The van der Waals surface area contributed by atoms with Crippen molar-refractivity contribution < 1.29 is 0 Å². The van der Waals surface area contributed by atoms with E-state index in [1.807, 2.05) is 48.1 Å². The van der Waals surface area contributed by atoms with Crippen LogP contribution in [-0.4, -0.2) is 29.5 Å². The molecule has 22 heavy (non-hydrogen) atoms. The summed E-state index contributed by atoms with van der Waals surface area (Å²) in [6, 6.07) is 11.6. The molecule has 0 bridgehead atoms. The van der Waals surface area contributed by atoms with Gasteiger partial charge in [0.2, 0.25) is 5.95 Å². The first kappa shape index (κ1) is 12.5. The van der Waals surface area contributed by atoms with Crippen LogP contribution in [0.4, 0.5) is 5.82 Å². The summed E-state index contributed by atoms with van der Waals surface area (Å²) < 4.78 is 3.64. The van der Waals surface area contributed by atoms with Crippen molar-refractivity contribution in [3.8, 4) is 17.2 Å². The predicted molar refractivity (Wildman–Crippen MR) is 83.3 cm³/mol. The van der Waals surface area contributed by atoms with Crippen LogP contribution in [0, 0.1) is 0 Å². The van der Waals surface area contributed by atoms with Gasteiger partial charge >= 0.3 is 0 Å². The fraction of sp³-hybridized carbons (Fsp3) is 0.0667. The maximum atomic E-state index is 5.71. The van der Waals surface area contributed by atoms with Crippen LogP contribution >= 0.6 is 0 Å². The second-order valence-corrected chi connectivity index (χ2v) is 4.98. The van der Waals surface area contributed by atoms with Gasteiger partial charge in [-0.3, -0.25) is 0 Å². The lowest BCUT2D eigenvalue weighted by Gasteiger charge is -2.00. The highest BCUT2D eigenvalue weighted by molar-refractivity contribution is 5.77. The number of para-hydroxylation sites is 2. The quantitative estimate of drug-likeness (QED) is 0.608. The third-order valence-corrected chi connectivity index (χ3v) is 3.54. The molecule has 108 valence electrons. The average Bonchev–Trinajstić information content (AvgIpc) is 3.13. The van der Waals surface area contributed by atoms with Crippen LogP contribution in [0.15, 0.2) is 48.8 Å². The van der Waals surface area contributed by atoms with E-state index < -0.39 is 0 Å². The Hall–Kier alpha value is -3.22. The van der Waals surface area contributed by atoms with Crippen molar-refractivity contribution in [2.24, 2.45) is 7.05 Å². The standard InChI is InChI=1S/C15H13N7/c1-21-13-5-3-2-4-11(13)18-15(21)22-9-12(19-20-22)10-6-7-17-14(16)8-10/h2-9H,1H3,(H2,16,17). The summed E-state index contributed by atoms with van der Waals surface area (Å²) in [7, 11) is 1.95. The van der Waals surface area contributed by atoms with Crippen molar-refractivity contribution in [2.75, 3.05) is 5.73 Å². The Labute approximate surface area is 126 Å². The van der Waals surface area contributed by atoms with Gasteiger partial charge in [-0.15, -0.1) is 5.10 Å². The van der Waals surface area contributed by atoms with Crippen LogP contribution in [0.1, 0.15) is 0 Å². The highest BCUT2D eigenvalue weighted by atomic mass is 15.5. The smallest absolute Gasteiger partial charge is 0.232 e. The molecular weight excluding hydrogens is 278 g/mol. The van der Waals surface area contributed by atoms with Gasteiger partial charge < -0.3 is 10.3 Å². The van der Waals surface area contributed by atoms with Gasteiger partial charge in [-0.2, -0.15) is 4.68 Å². The number of aromatic nitrogens is 6. The van der Waals surface area contributed by atoms with E-state index in [-0.39, 0.29) is 0 Å². The minimum atomic E-state index is 0.454. The fourth-order valence-electron chi connectivity index (χ4n) is 2.44. The Bertz CT molecular complexity index is 967. The summed E-state index contributed by atoms with van der Waals surface area (Å²) in [5.74, 6) is 1.16. The first-order valence-electron chi connectivity index (χ1n) is 6.78. The Kier molecular flexibility index (Phi) is 2.65. The average molecular weight is 291 g/mol. The number of hydrogen-bond donors (Lipinski definition) is 1. The summed E-state index contributed by atoms with van der Waals surface area (Å²) in [4.78, 5) is 8.57. The normalized spacial score (nSPS) is 11.1. The van der Waals surface area contributed by atoms with E-state index in [9.17, 15) is 0 Å². The molecule has 3 aromatic heterocycles. The number of anilines is 1. The Morgan fingerprint density at radius 3 is 2.82 bits per heavy atom. The molecular formula is C15H13N7. The number of imidazole rings is 1. The number of fused-ring (bicyclic) bond motifs is 1. The number of aryl methyl sites for hydroxylation is 1.